The minimum atomic E-state index is -0.994. The summed E-state index contributed by atoms with van der Waals surface area (Å²) < 4.78 is 0.839. The highest BCUT2D eigenvalue weighted by Gasteiger charge is 2.50. The Kier molecular flexibility index (Phi) is 6.42. The van der Waals surface area contributed by atoms with Gasteiger partial charge in [-0.3, -0.25) is 15.0 Å². The highest BCUT2D eigenvalue weighted by atomic mass is 35.5. The maximum Gasteiger partial charge on any atom is 0.321 e. The lowest BCUT2D eigenvalue weighted by molar-refractivity contribution is -0.120. The fourth-order valence-electron chi connectivity index (χ4n) is 3.61. The molecule has 34 heavy (non-hydrogen) atoms. The number of aliphatic hydroxyl groups excluding tert-OH is 1. The number of halogens is 1. The van der Waals surface area contributed by atoms with Crippen molar-refractivity contribution in [2.45, 2.75) is 19.4 Å². The fourth-order valence-corrected chi connectivity index (χ4v) is 5.19. The Morgan fingerprint density at radius 1 is 1.29 bits per heavy atom. The fraction of sp³-hybridized carbons (Fsp3) is 0.227. The molecule has 1 aliphatic heterocycles. The zero-order valence-corrected chi connectivity index (χ0v) is 20.5. The van der Waals surface area contributed by atoms with E-state index in [4.69, 9.17) is 34.2 Å². The van der Waals surface area contributed by atoms with Crippen LogP contribution in [0.15, 0.2) is 36.4 Å². The molecule has 0 spiro atoms. The molecule has 2 heterocycles. The number of nitrogens with one attached hydrogen (secondary N) is 2. The number of anilines is 3. The molecule has 0 radical (unpaired) electrons. The Balaban J connectivity index is 1.66. The van der Waals surface area contributed by atoms with Crippen LogP contribution in [0.2, 0.25) is 5.02 Å². The molecular formula is C22H19ClN6O3S2. The number of hydrogen-bond acceptors (Lipinski definition) is 7. The SMILES string of the molecule is CC1(C)C(=O)N(c2ccc(C#N)c(Cl)c2)C(=S)N1c1ccc2sc(NC(=O)NCCO)nc2c1. The predicted molar refractivity (Wildman–Crippen MR) is 137 cm³/mol. The van der Waals surface area contributed by atoms with Gasteiger partial charge in [-0.15, -0.1) is 0 Å². The van der Waals surface area contributed by atoms with Gasteiger partial charge in [-0.05, 0) is 62.5 Å². The molecule has 4 rings (SSSR count). The maximum absolute atomic E-state index is 13.4. The Morgan fingerprint density at radius 2 is 2.03 bits per heavy atom. The minimum Gasteiger partial charge on any atom is -0.395 e. The summed E-state index contributed by atoms with van der Waals surface area (Å²) in [5, 5.41) is 24.0. The Labute approximate surface area is 209 Å². The second-order valence-corrected chi connectivity index (χ2v) is 9.67. The molecule has 0 aliphatic carbocycles. The third-order valence-electron chi connectivity index (χ3n) is 5.25. The van der Waals surface area contributed by atoms with Crippen molar-refractivity contribution >= 4 is 78.9 Å². The molecule has 0 atom stereocenters. The second-order valence-electron chi connectivity index (χ2n) is 7.87. The van der Waals surface area contributed by atoms with E-state index in [2.05, 4.69) is 15.6 Å². The molecule has 0 unspecified atom stereocenters. The van der Waals surface area contributed by atoms with Gasteiger partial charge in [0.15, 0.2) is 10.2 Å². The molecule has 0 saturated carbocycles. The van der Waals surface area contributed by atoms with Gasteiger partial charge in [0.2, 0.25) is 0 Å². The van der Waals surface area contributed by atoms with Crippen molar-refractivity contribution < 1.29 is 14.7 Å². The lowest BCUT2D eigenvalue weighted by Gasteiger charge is -2.29. The molecule has 3 amide bonds. The normalized spacial score (nSPS) is 15.0. The summed E-state index contributed by atoms with van der Waals surface area (Å²) in [6, 6.07) is 11.8. The van der Waals surface area contributed by atoms with E-state index in [9.17, 15) is 9.59 Å². The quantitative estimate of drug-likeness (QED) is 0.442. The lowest BCUT2D eigenvalue weighted by Crippen LogP contribution is -2.44. The lowest BCUT2D eigenvalue weighted by atomic mass is 10.0. The molecular weight excluding hydrogens is 496 g/mol. The van der Waals surface area contributed by atoms with Crippen LogP contribution in [0.1, 0.15) is 19.4 Å². The van der Waals surface area contributed by atoms with Gasteiger partial charge in [0.05, 0.1) is 33.1 Å². The number of nitrogens with zero attached hydrogens (tertiary/aromatic N) is 4. The third kappa shape index (κ3) is 4.17. The Bertz CT molecular complexity index is 1370. The molecule has 174 valence electrons. The number of rotatable bonds is 5. The summed E-state index contributed by atoms with van der Waals surface area (Å²) in [7, 11) is 0. The summed E-state index contributed by atoms with van der Waals surface area (Å²) in [6.07, 6.45) is 0. The summed E-state index contributed by atoms with van der Waals surface area (Å²) in [4.78, 5) is 32.8. The molecule has 3 N–H and O–H groups in total. The molecule has 1 aliphatic rings. The van der Waals surface area contributed by atoms with E-state index in [1.165, 1.54) is 16.2 Å². The minimum absolute atomic E-state index is 0.136. The first-order valence-corrected chi connectivity index (χ1v) is 11.7. The van der Waals surface area contributed by atoms with Crippen molar-refractivity contribution in [1.82, 2.24) is 10.3 Å². The second kappa shape index (κ2) is 9.15. The average Bonchev–Trinajstić information content (AvgIpc) is 3.26. The van der Waals surface area contributed by atoms with Crippen LogP contribution in [0, 0.1) is 11.3 Å². The number of aliphatic hydroxyl groups is 1. The summed E-state index contributed by atoms with van der Waals surface area (Å²) in [5.74, 6) is -0.237. The largest absolute Gasteiger partial charge is 0.395 e. The summed E-state index contributed by atoms with van der Waals surface area (Å²) >= 11 is 13.2. The van der Waals surface area contributed by atoms with Gasteiger partial charge in [0.25, 0.3) is 5.91 Å². The molecule has 3 aromatic rings. The first kappa shape index (κ1) is 23.8. The van der Waals surface area contributed by atoms with Crippen LogP contribution in [0.5, 0.6) is 0 Å². The number of urea groups is 1. The van der Waals surface area contributed by atoms with E-state index < -0.39 is 11.6 Å². The van der Waals surface area contributed by atoms with Gasteiger partial charge >= 0.3 is 6.03 Å². The monoisotopic (exact) mass is 514 g/mol. The summed E-state index contributed by atoms with van der Waals surface area (Å²) in [6.45, 7) is 3.52. The average molecular weight is 515 g/mol. The summed E-state index contributed by atoms with van der Waals surface area (Å²) in [5.41, 5.74) is 1.09. The van der Waals surface area contributed by atoms with Gasteiger partial charge in [0, 0.05) is 12.2 Å². The van der Waals surface area contributed by atoms with E-state index in [0.29, 0.717) is 27.6 Å². The number of aromatic nitrogens is 1. The predicted octanol–water partition coefficient (Wildman–Crippen LogP) is 3.85. The number of fused-ring (bicyclic) bond motifs is 1. The van der Waals surface area contributed by atoms with Gasteiger partial charge in [-0.25, -0.2) is 9.78 Å². The third-order valence-corrected chi connectivity index (χ3v) is 6.88. The van der Waals surface area contributed by atoms with E-state index in [1.54, 1.807) is 43.0 Å². The van der Waals surface area contributed by atoms with Crippen LogP contribution >= 0.6 is 35.2 Å². The first-order valence-electron chi connectivity index (χ1n) is 10.1. The number of amides is 3. The molecule has 1 fully saturated rings. The number of nitriles is 1. The van der Waals surface area contributed by atoms with Crippen molar-refractivity contribution in [2.75, 3.05) is 28.3 Å². The number of hydrogen-bond donors (Lipinski definition) is 3. The van der Waals surface area contributed by atoms with E-state index >= 15 is 0 Å². The van der Waals surface area contributed by atoms with Crippen molar-refractivity contribution in [3.63, 3.8) is 0 Å². The zero-order valence-electron chi connectivity index (χ0n) is 18.1. The topological polar surface area (TPSA) is 122 Å². The number of thiocarbonyl (C=S) groups is 1. The molecule has 9 nitrogen and oxygen atoms in total. The van der Waals surface area contributed by atoms with Crippen LogP contribution in [-0.2, 0) is 4.79 Å². The Hall–Kier alpha value is -3.30. The molecule has 1 aromatic heterocycles. The van der Waals surface area contributed by atoms with Gasteiger partial charge in [0.1, 0.15) is 11.6 Å². The van der Waals surface area contributed by atoms with Crippen molar-refractivity contribution in [3.8, 4) is 6.07 Å². The molecule has 2 aromatic carbocycles. The van der Waals surface area contributed by atoms with E-state index in [0.717, 1.165) is 4.70 Å². The van der Waals surface area contributed by atoms with Gasteiger partial charge in [-0.1, -0.05) is 22.9 Å². The standard InChI is InChI=1S/C22H19ClN6O3S2/c1-22(2)18(31)28(13-4-3-12(11-24)15(23)9-13)21(33)29(22)14-5-6-17-16(10-14)26-20(34-17)27-19(32)25-7-8-30/h3-6,9-10,30H,7-8H2,1-2H3,(H2,25,26,27,32). The van der Waals surface area contributed by atoms with Crippen molar-refractivity contribution in [3.05, 3.63) is 47.0 Å². The van der Waals surface area contributed by atoms with Gasteiger partial charge < -0.3 is 15.3 Å². The van der Waals surface area contributed by atoms with Crippen molar-refractivity contribution in [2.24, 2.45) is 0 Å². The maximum atomic E-state index is 13.4. The van der Waals surface area contributed by atoms with Crippen LogP contribution in [0.25, 0.3) is 10.2 Å². The number of carbonyl (C=O) groups is 2. The number of benzene rings is 2. The molecule has 1 saturated heterocycles. The highest BCUT2D eigenvalue weighted by molar-refractivity contribution is 7.81. The molecule has 0 bridgehead atoms. The van der Waals surface area contributed by atoms with E-state index in [-0.39, 0.29) is 29.2 Å². The van der Waals surface area contributed by atoms with Crippen LogP contribution in [0.4, 0.5) is 21.3 Å². The van der Waals surface area contributed by atoms with Crippen LogP contribution < -0.4 is 20.4 Å². The first-order chi connectivity index (χ1) is 16.2. The van der Waals surface area contributed by atoms with Crippen LogP contribution in [-0.4, -0.2) is 45.8 Å². The number of carbonyl (C=O) groups excluding carboxylic acids is 2. The van der Waals surface area contributed by atoms with Crippen molar-refractivity contribution in [1.29, 1.82) is 5.26 Å². The molecule has 12 heteroatoms. The Morgan fingerprint density at radius 3 is 2.71 bits per heavy atom. The highest BCUT2D eigenvalue weighted by Crippen LogP contribution is 2.39. The van der Waals surface area contributed by atoms with E-state index in [1.807, 2.05) is 18.2 Å². The smallest absolute Gasteiger partial charge is 0.321 e. The van der Waals surface area contributed by atoms with Gasteiger partial charge in [-0.2, -0.15) is 5.26 Å². The van der Waals surface area contributed by atoms with Crippen LogP contribution in [0.3, 0.4) is 0 Å². The number of thiazole rings is 1. The zero-order chi connectivity index (χ0) is 24.6.